The summed E-state index contributed by atoms with van der Waals surface area (Å²) in [7, 11) is 1.39. The zero-order chi connectivity index (χ0) is 15.4. The second-order valence-corrected chi connectivity index (χ2v) is 5.45. The highest BCUT2D eigenvalue weighted by atomic mass is 16.5. The molecule has 0 atom stereocenters. The fourth-order valence-electron chi connectivity index (χ4n) is 2.72. The topological polar surface area (TPSA) is 29.5 Å². The Morgan fingerprint density at radius 2 is 1.73 bits per heavy atom. The van der Waals surface area contributed by atoms with Gasteiger partial charge in [-0.2, -0.15) is 0 Å². The van der Waals surface area contributed by atoms with E-state index >= 15 is 0 Å². The first-order chi connectivity index (χ1) is 10.8. The number of methoxy groups -OCH3 is 1. The minimum Gasteiger partial charge on any atom is -0.465 e. The fourth-order valence-corrected chi connectivity index (χ4v) is 2.72. The van der Waals surface area contributed by atoms with Gasteiger partial charge in [0.05, 0.1) is 12.7 Å². The molecule has 0 bridgehead atoms. The summed E-state index contributed by atoms with van der Waals surface area (Å²) >= 11 is 0. The van der Waals surface area contributed by atoms with Crippen molar-refractivity contribution in [2.75, 3.05) is 13.7 Å². The SMILES string of the molecule is COC(=O)c1ccc(C=CCN2Cc3ccccc3C2)cc1. The molecule has 1 aliphatic rings. The molecular formula is C19H19NO2. The van der Waals surface area contributed by atoms with Gasteiger partial charge in [0, 0.05) is 19.6 Å². The van der Waals surface area contributed by atoms with Gasteiger partial charge >= 0.3 is 5.97 Å². The molecule has 3 heteroatoms. The molecule has 2 aromatic rings. The maximum Gasteiger partial charge on any atom is 0.337 e. The van der Waals surface area contributed by atoms with Crippen LogP contribution in [0.25, 0.3) is 6.08 Å². The summed E-state index contributed by atoms with van der Waals surface area (Å²) in [6, 6.07) is 16.0. The van der Waals surface area contributed by atoms with Crippen LogP contribution < -0.4 is 0 Å². The molecule has 1 aliphatic heterocycles. The normalized spacial score (nSPS) is 14.2. The highest BCUT2D eigenvalue weighted by Crippen LogP contribution is 2.21. The van der Waals surface area contributed by atoms with Crippen LogP contribution >= 0.6 is 0 Å². The Morgan fingerprint density at radius 1 is 1.09 bits per heavy atom. The van der Waals surface area contributed by atoms with Gasteiger partial charge in [0.15, 0.2) is 0 Å². The van der Waals surface area contributed by atoms with Gasteiger partial charge in [0.25, 0.3) is 0 Å². The second kappa shape index (κ2) is 6.58. The number of carbonyl (C=O) groups excluding carboxylic acids is 1. The van der Waals surface area contributed by atoms with Crippen molar-refractivity contribution in [2.45, 2.75) is 13.1 Å². The third-order valence-electron chi connectivity index (χ3n) is 3.91. The van der Waals surface area contributed by atoms with Crippen LogP contribution in [0.5, 0.6) is 0 Å². The van der Waals surface area contributed by atoms with E-state index in [1.807, 2.05) is 12.1 Å². The average molecular weight is 293 g/mol. The maximum absolute atomic E-state index is 11.4. The number of benzene rings is 2. The second-order valence-electron chi connectivity index (χ2n) is 5.45. The lowest BCUT2D eigenvalue weighted by Crippen LogP contribution is -2.15. The number of nitrogens with zero attached hydrogens (tertiary/aromatic N) is 1. The van der Waals surface area contributed by atoms with Crippen LogP contribution in [0.2, 0.25) is 0 Å². The lowest BCUT2D eigenvalue weighted by Gasteiger charge is -2.11. The zero-order valence-electron chi connectivity index (χ0n) is 12.7. The summed E-state index contributed by atoms with van der Waals surface area (Å²) in [5.41, 5.74) is 4.52. The van der Waals surface area contributed by atoms with E-state index in [4.69, 9.17) is 4.74 Å². The van der Waals surface area contributed by atoms with Crippen molar-refractivity contribution in [3.63, 3.8) is 0 Å². The van der Waals surface area contributed by atoms with Crippen LogP contribution in [0.1, 0.15) is 27.0 Å². The van der Waals surface area contributed by atoms with Gasteiger partial charge in [-0.1, -0.05) is 48.6 Å². The van der Waals surface area contributed by atoms with Gasteiger partial charge in [-0.15, -0.1) is 0 Å². The van der Waals surface area contributed by atoms with E-state index in [0.717, 1.165) is 25.2 Å². The minimum absolute atomic E-state index is 0.301. The van der Waals surface area contributed by atoms with E-state index in [-0.39, 0.29) is 5.97 Å². The van der Waals surface area contributed by atoms with Gasteiger partial charge < -0.3 is 4.74 Å². The summed E-state index contributed by atoms with van der Waals surface area (Å²) in [6.07, 6.45) is 4.25. The molecule has 1 heterocycles. The zero-order valence-corrected chi connectivity index (χ0v) is 12.7. The molecule has 112 valence electrons. The highest BCUT2D eigenvalue weighted by Gasteiger charge is 2.16. The van der Waals surface area contributed by atoms with E-state index in [0.29, 0.717) is 5.56 Å². The van der Waals surface area contributed by atoms with Crippen molar-refractivity contribution in [1.82, 2.24) is 4.90 Å². The Balaban J connectivity index is 1.56. The van der Waals surface area contributed by atoms with Gasteiger partial charge in [-0.25, -0.2) is 4.79 Å². The minimum atomic E-state index is -0.301. The van der Waals surface area contributed by atoms with E-state index < -0.39 is 0 Å². The number of rotatable bonds is 4. The molecule has 0 unspecified atom stereocenters. The smallest absolute Gasteiger partial charge is 0.337 e. The Bertz CT molecular complexity index is 664. The van der Waals surface area contributed by atoms with Gasteiger partial charge in [-0.05, 0) is 28.8 Å². The summed E-state index contributed by atoms with van der Waals surface area (Å²) in [5, 5.41) is 0. The quantitative estimate of drug-likeness (QED) is 0.808. The Morgan fingerprint density at radius 3 is 2.32 bits per heavy atom. The summed E-state index contributed by atoms with van der Waals surface area (Å²) < 4.78 is 4.69. The third kappa shape index (κ3) is 3.26. The summed E-state index contributed by atoms with van der Waals surface area (Å²) in [4.78, 5) is 13.8. The molecule has 0 saturated heterocycles. The standard InChI is InChI=1S/C19H19NO2/c1-22-19(21)16-10-8-15(9-11-16)5-4-12-20-13-17-6-2-3-7-18(17)14-20/h2-11H,12-14H2,1H3. The Hall–Kier alpha value is -2.39. The number of esters is 1. The molecule has 3 nitrogen and oxygen atoms in total. The molecule has 0 aliphatic carbocycles. The molecule has 0 radical (unpaired) electrons. The lowest BCUT2D eigenvalue weighted by atomic mass is 10.1. The first-order valence-corrected chi connectivity index (χ1v) is 7.40. The van der Waals surface area contributed by atoms with Crippen LogP contribution in [0, 0.1) is 0 Å². The number of carbonyl (C=O) groups is 1. The van der Waals surface area contributed by atoms with E-state index in [1.165, 1.54) is 18.2 Å². The summed E-state index contributed by atoms with van der Waals surface area (Å²) in [6.45, 7) is 2.96. The lowest BCUT2D eigenvalue weighted by molar-refractivity contribution is 0.0601. The van der Waals surface area contributed by atoms with Crippen LogP contribution in [-0.4, -0.2) is 24.5 Å². The molecular weight excluding hydrogens is 274 g/mol. The predicted molar refractivity (Wildman–Crippen MR) is 87.4 cm³/mol. The van der Waals surface area contributed by atoms with Crippen molar-refractivity contribution in [2.24, 2.45) is 0 Å². The Labute approximate surface area is 130 Å². The van der Waals surface area contributed by atoms with Crippen molar-refractivity contribution < 1.29 is 9.53 Å². The monoisotopic (exact) mass is 293 g/mol. The average Bonchev–Trinajstić information content (AvgIpc) is 2.97. The van der Waals surface area contributed by atoms with Gasteiger partial charge in [-0.3, -0.25) is 4.90 Å². The highest BCUT2D eigenvalue weighted by molar-refractivity contribution is 5.89. The predicted octanol–water partition coefficient (Wildman–Crippen LogP) is 3.50. The number of hydrogen-bond donors (Lipinski definition) is 0. The van der Waals surface area contributed by atoms with Crippen molar-refractivity contribution >= 4 is 12.0 Å². The van der Waals surface area contributed by atoms with E-state index in [1.54, 1.807) is 12.1 Å². The molecule has 0 aromatic heterocycles. The third-order valence-corrected chi connectivity index (χ3v) is 3.91. The van der Waals surface area contributed by atoms with Crippen LogP contribution in [0.3, 0.4) is 0 Å². The van der Waals surface area contributed by atoms with E-state index in [2.05, 4.69) is 41.3 Å². The Kier molecular flexibility index (Phi) is 4.35. The van der Waals surface area contributed by atoms with Crippen LogP contribution in [0.15, 0.2) is 54.6 Å². The molecule has 3 rings (SSSR count). The first-order valence-electron chi connectivity index (χ1n) is 7.40. The van der Waals surface area contributed by atoms with Crippen molar-refractivity contribution in [3.05, 3.63) is 76.9 Å². The number of hydrogen-bond acceptors (Lipinski definition) is 3. The van der Waals surface area contributed by atoms with Crippen LogP contribution in [-0.2, 0) is 17.8 Å². The van der Waals surface area contributed by atoms with Gasteiger partial charge in [0.1, 0.15) is 0 Å². The van der Waals surface area contributed by atoms with E-state index in [9.17, 15) is 4.79 Å². The molecule has 2 aromatic carbocycles. The molecule has 22 heavy (non-hydrogen) atoms. The molecule has 0 N–H and O–H groups in total. The van der Waals surface area contributed by atoms with Crippen LogP contribution in [0.4, 0.5) is 0 Å². The fraction of sp³-hybridized carbons (Fsp3) is 0.211. The van der Waals surface area contributed by atoms with Crippen molar-refractivity contribution in [3.8, 4) is 0 Å². The van der Waals surface area contributed by atoms with Gasteiger partial charge in [0.2, 0.25) is 0 Å². The maximum atomic E-state index is 11.4. The molecule has 0 fully saturated rings. The van der Waals surface area contributed by atoms with Crippen molar-refractivity contribution in [1.29, 1.82) is 0 Å². The molecule has 0 amide bonds. The number of fused-ring (bicyclic) bond motifs is 1. The summed E-state index contributed by atoms with van der Waals surface area (Å²) in [5.74, 6) is -0.301. The first kappa shape index (κ1) is 14.5. The molecule has 0 spiro atoms. The number of ether oxygens (including phenoxy) is 1. The largest absolute Gasteiger partial charge is 0.465 e. The molecule has 0 saturated carbocycles.